The van der Waals surface area contributed by atoms with Crippen LogP contribution in [0.4, 0.5) is 0 Å². The number of aromatic nitrogens is 2. The van der Waals surface area contributed by atoms with Crippen LogP contribution in [-0.4, -0.2) is 23.3 Å². The van der Waals surface area contributed by atoms with Gasteiger partial charge < -0.3 is 15.0 Å². The molecule has 0 fully saturated rings. The summed E-state index contributed by atoms with van der Waals surface area (Å²) in [7, 11) is 1.72. The van der Waals surface area contributed by atoms with Gasteiger partial charge in [-0.2, -0.15) is 0 Å². The molecule has 2 aromatic rings. The summed E-state index contributed by atoms with van der Waals surface area (Å²) >= 11 is 0. The molecular weight excluding hydrogens is 238 g/mol. The molecule has 0 aliphatic heterocycles. The van der Waals surface area contributed by atoms with E-state index in [0.29, 0.717) is 0 Å². The zero-order chi connectivity index (χ0) is 13.5. The SMILES string of the molecule is COCCCn1cncc1[C@H](N)Cc1ccccc1. The van der Waals surface area contributed by atoms with Crippen molar-refractivity contribution < 1.29 is 4.74 Å². The topological polar surface area (TPSA) is 53.1 Å². The smallest absolute Gasteiger partial charge is 0.0948 e. The minimum Gasteiger partial charge on any atom is -0.385 e. The van der Waals surface area contributed by atoms with Crippen molar-refractivity contribution in [2.45, 2.75) is 25.4 Å². The van der Waals surface area contributed by atoms with Crippen LogP contribution in [0.25, 0.3) is 0 Å². The number of ether oxygens (including phenoxy) is 1. The van der Waals surface area contributed by atoms with Gasteiger partial charge in [-0.15, -0.1) is 0 Å². The fourth-order valence-electron chi connectivity index (χ4n) is 2.18. The van der Waals surface area contributed by atoms with Crippen LogP contribution >= 0.6 is 0 Å². The maximum atomic E-state index is 6.28. The van der Waals surface area contributed by atoms with Crippen LogP contribution in [0.5, 0.6) is 0 Å². The fourth-order valence-corrected chi connectivity index (χ4v) is 2.18. The van der Waals surface area contributed by atoms with Crippen molar-refractivity contribution in [1.82, 2.24) is 9.55 Å². The van der Waals surface area contributed by atoms with Gasteiger partial charge in [0.2, 0.25) is 0 Å². The van der Waals surface area contributed by atoms with Gasteiger partial charge >= 0.3 is 0 Å². The molecule has 0 spiro atoms. The molecule has 4 heteroatoms. The number of hydrogen-bond acceptors (Lipinski definition) is 3. The normalized spacial score (nSPS) is 12.5. The van der Waals surface area contributed by atoms with Crippen LogP contribution in [0.3, 0.4) is 0 Å². The molecule has 4 nitrogen and oxygen atoms in total. The van der Waals surface area contributed by atoms with Crippen LogP contribution in [0.15, 0.2) is 42.9 Å². The summed E-state index contributed by atoms with van der Waals surface area (Å²) < 4.78 is 7.19. The number of hydrogen-bond donors (Lipinski definition) is 1. The lowest BCUT2D eigenvalue weighted by atomic mass is 10.0. The highest BCUT2D eigenvalue weighted by Gasteiger charge is 2.12. The Hall–Kier alpha value is -1.65. The average molecular weight is 259 g/mol. The second kappa shape index (κ2) is 7.07. The molecule has 0 aliphatic carbocycles. The van der Waals surface area contributed by atoms with Gasteiger partial charge in [-0.1, -0.05) is 30.3 Å². The predicted octanol–water partition coefficient (Wildman–Crippen LogP) is 2.16. The number of methoxy groups -OCH3 is 1. The van der Waals surface area contributed by atoms with Crippen molar-refractivity contribution >= 4 is 0 Å². The Kier molecular flexibility index (Phi) is 5.12. The number of imidazole rings is 1. The van der Waals surface area contributed by atoms with Gasteiger partial charge in [-0.3, -0.25) is 0 Å². The van der Waals surface area contributed by atoms with E-state index in [4.69, 9.17) is 10.5 Å². The van der Waals surface area contributed by atoms with Gasteiger partial charge in [-0.05, 0) is 18.4 Å². The van der Waals surface area contributed by atoms with Crippen LogP contribution in [0, 0.1) is 0 Å². The van der Waals surface area contributed by atoms with Crippen molar-refractivity contribution in [1.29, 1.82) is 0 Å². The highest BCUT2D eigenvalue weighted by Crippen LogP contribution is 2.16. The van der Waals surface area contributed by atoms with Gasteiger partial charge in [0.15, 0.2) is 0 Å². The van der Waals surface area contributed by atoms with E-state index in [0.717, 1.165) is 31.7 Å². The van der Waals surface area contributed by atoms with Crippen molar-refractivity contribution in [3.05, 3.63) is 54.1 Å². The van der Waals surface area contributed by atoms with Crippen LogP contribution < -0.4 is 5.73 Å². The number of benzene rings is 1. The van der Waals surface area contributed by atoms with E-state index in [1.54, 1.807) is 7.11 Å². The summed E-state index contributed by atoms with van der Waals surface area (Å²) in [5.41, 5.74) is 8.62. The molecule has 0 unspecified atom stereocenters. The summed E-state index contributed by atoms with van der Waals surface area (Å²) in [6.45, 7) is 1.65. The molecule has 2 rings (SSSR count). The van der Waals surface area contributed by atoms with E-state index in [2.05, 4.69) is 21.7 Å². The molecule has 2 N–H and O–H groups in total. The first-order chi connectivity index (χ1) is 9.31. The van der Waals surface area contributed by atoms with E-state index >= 15 is 0 Å². The minimum absolute atomic E-state index is 0.0209. The first-order valence-corrected chi connectivity index (χ1v) is 6.59. The molecule has 0 bridgehead atoms. The number of nitrogens with zero attached hydrogens (tertiary/aromatic N) is 2. The third-order valence-corrected chi connectivity index (χ3v) is 3.17. The van der Waals surface area contributed by atoms with Crippen molar-refractivity contribution in [3.63, 3.8) is 0 Å². The van der Waals surface area contributed by atoms with E-state index in [-0.39, 0.29) is 6.04 Å². The average Bonchev–Trinajstić information content (AvgIpc) is 2.89. The third kappa shape index (κ3) is 3.91. The Morgan fingerprint density at radius 1 is 1.32 bits per heavy atom. The third-order valence-electron chi connectivity index (χ3n) is 3.17. The second-order valence-corrected chi connectivity index (χ2v) is 4.65. The van der Waals surface area contributed by atoms with E-state index in [1.165, 1.54) is 5.56 Å². The van der Waals surface area contributed by atoms with Gasteiger partial charge in [0.25, 0.3) is 0 Å². The molecular formula is C15H21N3O. The molecule has 0 saturated heterocycles. The second-order valence-electron chi connectivity index (χ2n) is 4.65. The van der Waals surface area contributed by atoms with E-state index in [1.807, 2.05) is 30.7 Å². The Morgan fingerprint density at radius 2 is 2.11 bits per heavy atom. The lowest BCUT2D eigenvalue weighted by Gasteiger charge is -2.14. The Bertz CT molecular complexity index is 481. The quantitative estimate of drug-likeness (QED) is 0.775. The van der Waals surface area contributed by atoms with Gasteiger partial charge in [0.1, 0.15) is 0 Å². The zero-order valence-corrected chi connectivity index (χ0v) is 11.3. The van der Waals surface area contributed by atoms with Crippen LogP contribution in [-0.2, 0) is 17.7 Å². The van der Waals surface area contributed by atoms with Crippen LogP contribution in [0.1, 0.15) is 23.7 Å². The largest absolute Gasteiger partial charge is 0.385 e. The van der Waals surface area contributed by atoms with Gasteiger partial charge in [-0.25, -0.2) is 4.98 Å². The summed E-state index contributed by atoms with van der Waals surface area (Å²) in [6, 6.07) is 10.3. The first kappa shape index (κ1) is 13.8. The number of rotatable bonds is 7. The Labute approximate surface area is 114 Å². The van der Waals surface area contributed by atoms with Crippen molar-refractivity contribution in [3.8, 4) is 0 Å². The molecule has 19 heavy (non-hydrogen) atoms. The lowest BCUT2D eigenvalue weighted by molar-refractivity contribution is 0.190. The highest BCUT2D eigenvalue weighted by atomic mass is 16.5. The Morgan fingerprint density at radius 3 is 2.84 bits per heavy atom. The number of nitrogens with two attached hydrogens (primary N) is 1. The first-order valence-electron chi connectivity index (χ1n) is 6.59. The zero-order valence-electron chi connectivity index (χ0n) is 11.3. The van der Waals surface area contributed by atoms with Gasteiger partial charge in [0.05, 0.1) is 18.1 Å². The highest BCUT2D eigenvalue weighted by molar-refractivity contribution is 5.18. The molecule has 1 aromatic carbocycles. The molecule has 0 amide bonds. The molecule has 0 radical (unpaired) electrons. The van der Waals surface area contributed by atoms with Crippen molar-refractivity contribution in [2.24, 2.45) is 5.73 Å². The molecule has 1 aromatic heterocycles. The molecule has 0 saturated carbocycles. The lowest BCUT2D eigenvalue weighted by Crippen LogP contribution is -2.18. The summed E-state index contributed by atoms with van der Waals surface area (Å²) in [5, 5.41) is 0. The maximum absolute atomic E-state index is 6.28. The summed E-state index contributed by atoms with van der Waals surface area (Å²) in [6.07, 6.45) is 5.50. The minimum atomic E-state index is -0.0209. The van der Waals surface area contributed by atoms with Crippen LogP contribution in [0.2, 0.25) is 0 Å². The standard InChI is InChI=1S/C15H21N3O/c1-19-9-5-8-18-12-17-11-15(18)14(16)10-13-6-3-2-4-7-13/h2-4,6-7,11-12,14H,5,8-10,16H2,1H3/t14-/m1/s1. The number of aryl methyl sites for hydroxylation is 1. The predicted molar refractivity (Wildman–Crippen MR) is 75.8 cm³/mol. The molecule has 1 heterocycles. The molecule has 102 valence electrons. The summed E-state index contributed by atoms with van der Waals surface area (Å²) in [5.74, 6) is 0. The molecule has 1 atom stereocenters. The van der Waals surface area contributed by atoms with Crippen molar-refractivity contribution in [2.75, 3.05) is 13.7 Å². The molecule has 0 aliphatic rings. The van der Waals surface area contributed by atoms with Gasteiger partial charge in [0, 0.05) is 26.5 Å². The monoisotopic (exact) mass is 259 g/mol. The van der Waals surface area contributed by atoms with E-state index in [9.17, 15) is 0 Å². The summed E-state index contributed by atoms with van der Waals surface area (Å²) in [4.78, 5) is 4.21. The van der Waals surface area contributed by atoms with E-state index < -0.39 is 0 Å². The Balaban J connectivity index is 1.99. The maximum Gasteiger partial charge on any atom is 0.0948 e. The fraction of sp³-hybridized carbons (Fsp3) is 0.400.